The monoisotopic (exact) mass is 376 g/mol. The van der Waals surface area contributed by atoms with Crippen molar-refractivity contribution in [2.75, 3.05) is 0 Å². The lowest BCUT2D eigenvalue weighted by Crippen LogP contribution is -2.18. The third-order valence-electron chi connectivity index (χ3n) is 7.70. The molecular formula is C28H40. The maximum atomic E-state index is 2.51. The van der Waals surface area contributed by atoms with Crippen LogP contribution < -0.4 is 0 Å². The van der Waals surface area contributed by atoms with Gasteiger partial charge >= 0.3 is 0 Å². The predicted molar refractivity (Wildman–Crippen MR) is 124 cm³/mol. The van der Waals surface area contributed by atoms with E-state index < -0.39 is 0 Å². The maximum absolute atomic E-state index is 2.51. The summed E-state index contributed by atoms with van der Waals surface area (Å²) >= 11 is 0. The minimum Gasteiger partial charge on any atom is -0.0646 e. The molecule has 0 bridgehead atoms. The van der Waals surface area contributed by atoms with E-state index in [1.165, 1.54) is 41.5 Å². The predicted octanol–water partition coefficient (Wildman–Crippen LogP) is 7.90. The van der Waals surface area contributed by atoms with E-state index in [0.29, 0.717) is 11.3 Å². The molecule has 0 aromatic heterocycles. The normalized spacial score (nSPS) is 21.8. The molecule has 152 valence electrons. The largest absolute Gasteiger partial charge is 0.0646 e. The Labute approximate surface area is 173 Å². The highest BCUT2D eigenvalue weighted by Crippen LogP contribution is 2.47. The highest BCUT2D eigenvalue weighted by Gasteiger charge is 2.36. The minimum absolute atomic E-state index is 0.270. The number of fused-ring (bicyclic) bond motifs is 1. The first-order valence-corrected chi connectivity index (χ1v) is 11.5. The summed E-state index contributed by atoms with van der Waals surface area (Å²) in [5.74, 6) is 0.696. The van der Waals surface area contributed by atoms with E-state index in [1.54, 1.807) is 11.1 Å². The van der Waals surface area contributed by atoms with E-state index in [4.69, 9.17) is 0 Å². The second kappa shape index (κ2) is 8.05. The lowest BCUT2D eigenvalue weighted by atomic mass is 9.78. The fourth-order valence-corrected chi connectivity index (χ4v) is 5.19. The van der Waals surface area contributed by atoms with Crippen molar-refractivity contribution in [1.29, 1.82) is 0 Å². The summed E-state index contributed by atoms with van der Waals surface area (Å²) in [4.78, 5) is 0. The first kappa shape index (κ1) is 21.2. The van der Waals surface area contributed by atoms with Crippen molar-refractivity contribution in [2.45, 2.75) is 104 Å². The second-order valence-corrected chi connectivity index (χ2v) is 10.0. The molecule has 0 heterocycles. The van der Waals surface area contributed by atoms with E-state index in [-0.39, 0.29) is 5.41 Å². The third-order valence-corrected chi connectivity index (χ3v) is 7.70. The lowest BCUT2D eigenvalue weighted by Gasteiger charge is -2.26. The molecule has 0 spiro atoms. The summed E-state index contributed by atoms with van der Waals surface area (Å²) in [5, 5.41) is 0. The van der Waals surface area contributed by atoms with Gasteiger partial charge in [-0.05, 0) is 88.7 Å². The first-order chi connectivity index (χ1) is 13.2. The van der Waals surface area contributed by atoms with E-state index in [1.807, 2.05) is 0 Å². The molecule has 2 unspecified atom stereocenters. The first-order valence-electron chi connectivity index (χ1n) is 11.5. The van der Waals surface area contributed by atoms with Gasteiger partial charge in [0, 0.05) is 0 Å². The summed E-state index contributed by atoms with van der Waals surface area (Å²) < 4.78 is 0. The minimum atomic E-state index is 0.270. The summed E-state index contributed by atoms with van der Waals surface area (Å²) in [7, 11) is 0. The molecule has 2 aromatic rings. The Bertz CT molecular complexity index is 826. The van der Waals surface area contributed by atoms with Crippen LogP contribution in [0.4, 0.5) is 0 Å². The van der Waals surface area contributed by atoms with Crippen LogP contribution in [0.2, 0.25) is 0 Å². The molecule has 2 atom stereocenters. The molecule has 0 amide bonds. The zero-order valence-corrected chi connectivity index (χ0v) is 19.3. The molecule has 0 N–H and O–H groups in total. The molecule has 2 aromatic carbocycles. The summed E-state index contributed by atoms with van der Waals surface area (Å²) in [5.41, 5.74) is 9.91. The van der Waals surface area contributed by atoms with Gasteiger partial charge in [0.1, 0.15) is 0 Å². The molecule has 1 aliphatic rings. The van der Waals surface area contributed by atoms with Crippen LogP contribution in [0.15, 0.2) is 36.4 Å². The molecule has 0 fully saturated rings. The van der Waals surface area contributed by atoms with Crippen LogP contribution in [0, 0.1) is 0 Å². The second-order valence-electron chi connectivity index (χ2n) is 10.0. The highest BCUT2D eigenvalue weighted by molar-refractivity contribution is 5.44. The van der Waals surface area contributed by atoms with Gasteiger partial charge in [-0.25, -0.2) is 0 Å². The molecule has 0 saturated heterocycles. The Morgan fingerprint density at radius 3 is 2.21 bits per heavy atom. The summed E-state index contributed by atoms with van der Waals surface area (Å²) in [6, 6.07) is 14.6. The standard InChI is InChI=1S/C28H40/c1-8-23-17-21(13-15-25(23)27(5,6)9-2)11-12-22-14-16-26-24(18-22)20(4)19-28(26,7)10-3/h13-18,20H,8-12,19H2,1-7H3. The smallest absolute Gasteiger partial charge is 0.00693 e. The van der Waals surface area contributed by atoms with E-state index in [2.05, 4.69) is 84.9 Å². The van der Waals surface area contributed by atoms with Crippen molar-refractivity contribution in [2.24, 2.45) is 0 Å². The van der Waals surface area contributed by atoms with Crippen LogP contribution in [0.5, 0.6) is 0 Å². The molecule has 0 radical (unpaired) electrons. The van der Waals surface area contributed by atoms with Crippen molar-refractivity contribution in [1.82, 2.24) is 0 Å². The van der Waals surface area contributed by atoms with Crippen molar-refractivity contribution in [3.8, 4) is 0 Å². The molecule has 0 heteroatoms. The van der Waals surface area contributed by atoms with Gasteiger partial charge in [0.05, 0.1) is 0 Å². The average Bonchev–Trinajstić information content (AvgIpc) is 2.96. The molecule has 0 saturated carbocycles. The topological polar surface area (TPSA) is 0 Å². The average molecular weight is 377 g/mol. The van der Waals surface area contributed by atoms with Crippen molar-refractivity contribution >= 4 is 0 Å². The number of hydrogen-bond acceptors (Lipinski definition) is 0. The van der Waals surface area contributed by atoms with Crippen LogP contribution in [-0.2, 0) is 30.1 Å². The highest BCUT2D eigenvalue weighted by atomic mass is 14.4. The van der Waals surface area contributed by atoms with Crippen LogP contribution >= 0.6 is 0 Å². The molecule has 0 nitrogen and oxygen atoms in total. The van der Waals surface area contributed by atoms with Crippen molar-refractivity contribution in [3.63, 3.8) is 0 Å². The Kier molecular flexibility index (Phi) is 6.08. The van der Waals surface area contributed by atoms with Gasteiger partial charge in [-0.2, -0.15) is 0 Å². The van der Waals surface area contributed by atoms with Crippen LogP contribution in [0.1, 0.15) is 107 Å². The van der Waals surface area contributed by atoms with Gasteiger partial charge in [0.25, 0.3) is 0 Å². The fraction of sp³-hybridized carbons (Fsp3) is 0.571. The zero-order chi connectivity index (χ0) is 20.5. The fourth-order valence-electron chi connectivity index (χ4n) is 5.19. The third kappa shape index (κ3) is 3.93. The maximum Gasteiger partial charge on any atom is -0.00693 e. The Morgan fingerprint density at radius 2 is 1.61 bits per heavy atom. The van der Waals surface area contributed by atoms with Gasteiger partial charge in [-0.3, -0.25) is 0 Å². The van der Waals surface area contributed by atoms with Crippen LogP contribution in [0.3, 0.4) is 0 Å². The number of benzene rings is 2. The van der Waals surface area contributed by atoms with Gasteiger partial charge in [-0.1, -0.05) is 84.9 Å². The summed E-state index contributed by atoms with van der Waals surface area (Å²) in [6.45, 7) is 16.5. The molecular weight excluding hydrogens is 336 g/mol. The molecule has 3 rings (SSSR count). The van der Waals surface area contributed by atoms with Gasteiger partial charge in [0.15, 0.2) is 0 Å². The Morgan fingerprint density at radius 1 is 0.964 bits per heavy atom. The molecule has 1 aliphatic carbocycles. The van der Waals surface area contributed by atoms with Gasteiger partial charge < -0.3 is 0 Å². The zero-order valence-electron chi connectivity index (χ0n) is 19.3. The van der Waals surface area contributed by atoms with Gasteiger partial charge in [0.2, 0.25) is 0 Å². The molecule has 28 heavy (non-hydrogen) atoms. The van der Waals surface area contributed by atoms with Crippen LogP contribution in [-0.4, -0.2) is 0 Å². The van der Waals surface area contributed by atoms with Crippen molar-refractivity contribution in [3.05, 3.63) is 69.8 Å². The van der Waals surface area contributed by atoms with E-state index >= 15 is 0 Å². The SMILES string of the molecule is CCc1cc(CCc2ccc3c(c2)C(C)CC3(C)CC)ccc1C(C)(C)CC. The van der Waals surface area contributed by atoms with E-state index in [9.17, 15) is 0 Å². The molecule has 0 aliphatic heterocycles. The lowest BCUT2D eigenvalue weighted by molar-refractivity contribution is 0.430. The van der Waals surface area contributed by atoms with Gasteiger partial charge in [-0.15, -0.1) is 0 Å². The number of rotatable bonds is 7. The Hall–Kier alpha value is -1.56. The van der Waals surface area contributed by atoms with Crippen molar-refractivity contribution < 1.29 is 0 Å². The van der Waals surface area contributed by atoms with E-state index in [0.717, 1.165) is 19.3 Å². The van der Waals surface area contributed by atoms with Crippen LogP contribution in [0.25, 0.3) is 0 Å². The summed E-state index contributed by atoms with van der Waals surface area (Å²) in [6.07, 6.45) is 7.13. The Balaban J connectivity index is 1.77. The quantitative estimate of drug-likeness (QED) is 0.460. The number of hydrogen-bond donors (Lipinski definition) is 0. The number of aryl methyl sites for hydroxylation is 3.